The number of hydrogen-bond acceptors (Lipinski definition) is 3. The second-order valence-corrected chi connectivity index (χ2v) is 11.4. The third kappa shape index (κ3) is 6.94. The molecule has 1 N–H and O–H groups in total. The summed E-state index contributed by atoms with van der Waals surface area (Å²) in [5.74, 6) is 2.99. The average molecular weight is 434 g/mol. The molecule has 1 aliphatic carbocycles. The van der Waals surface area contributed by atoms with Crippen LogP contribution in [0.2, 0.25) is 0 Å². The maximum absolute atomic E-state index is 12.4. The van der Waals surface area contributed by atoms with E-state index in [0.29, 0.717) is 17.9 Å². The van der Waals surface area contributed by atoms with Gasteiger partial charge in [0.1, 0.15) is 0 Å². The molecule has 0 aromatic rings. The number of nitrogens with one attached hydrogen (secondary N) is 1. The van der Waals surface area contributed by atoms with Gasteiger partial charge in [0.15, 0.2) is 0 Å². The zero-order chi connectivity index (χ0) is 22.4. The highest BCUT2D eigenvalue weighted by atomic mass is 16.2. The Balaban J connectivity index is 1.28. The fourth-order valence-corrected chi connectivity index (χ4v) is 6.10. The van der Waals surface area contributed by atoms with Crippen LogP contribution in [0.4, 0.5) is 0 Å². The van der Waals surface area contributed by atoms with E-state index in [2.05, 4.69) is 29.0 Å². The highest BCUT2D eigenvalue weighted by Crippen LogP contribution is 2.47. The van der Waals surface area contributed by atoms with E-state index in [0.717, 1.165) is 56.9 Å². The Bertz CT molecular complexity index is 577. The van der Waals surface area contributed by atoms with Crippen LogP contribution in [0.25, 0.3) is 0 Å². The molecular weight excluding hydrogens is 386 g/mol. The van der Waals surface area contributed by atoms with E-state index in [-0.39, 0.29) is 11.8 Å². The van der Waals surface area contributed by atoms with Gasteiger partial charge in [-0.1, -0.05) is 27.7 Å². The minimum Gasteiger partial charge on any atom is -0.355 e. The second kappa shape index (κ2) is 11.2. The Morgan fingerprint density at radius 3 is 2.06 bits per heavy atom. The van der Waals surface area contributed by atoms with Crippen LogP contribution in [0.15, 0.2) is 0 Å². The quantitative estimate of drug-likeness (QED) is 0.651. The first kappa shape index (κ1) is 24.5. The van der Waals surface area contributed by atoms with Crippen LogP contribution in [0.3, 0.4) is 0 Å². The lowest BCUT2D eigenvalue weighted by Gasteiger charge is -2.46. The molecule has 0 aromatic carbocycles. The van der Waals surface area contributed by atoms with Gasteiger partial charge in [-0.25, -0.2) is 0 Å². The molecule has 178 valence electrons. The topological polar surface area (TPSA) is 52.7 Å². The number of carbonyl (C=O) groups is 2. The van der Waals surface area contributed by atoms with Crippen LogP contribution in [-0.2, 0) is 9.59 Å². The number of piperidine rings is 2. The molecule has 2 aliphatic heterocycles. The summed E-state index contributed by atoms with van der Waals surface area (Å²) in [6.45, 7) is 14.1. The van der Waals surface area contributed by atoms with Crippen molar-refractivity contribution >= 4 is 11.8 Å². The van der Waals surface area contributed by atoms with Gasteiger partial charge in [-0.3, -0.25) is 14.5 Å². The molecule has 1 spiro atoms. The molecule has 0 atom stereocenters. The second-order valence-electron chi connectivity index (χ2n) is 11.4. The lowest BCUT2D eigenvalue weighted by molar-refractivity contribution is -0.137. The Morgan fingerprint density at radius 2 is 1.52 bits per heavy atom. The van der Waals surface area contributed by atoms with E-state index in [1.54, 1.807) is 0 Å². The monoisotopic (exact) mass is 433 g/mol. The third-order valence-corrected chi connectivity index (χ3v) is 8.61. The Morgan fingerprint density at radius 1 is 0.903 bits per heavy atom. The highest BCUT2D eigenvalue weighted by molar-refractivity contribution is 5.78. The predicted octanol–water partition coefficient (Wildman–Crippen LogP) is 4.32. The molecule has 0 bridgehead atoms. The zero-order valence-electron chi connectivity index (χ0n) is 20.6. The molecule has 3 rings (SSSR count). The number of amides is 2. The molecule has 0 radical (unpaired) electrons. The molecule has 1 saturated carbocycles. The average Bonchev–Trinajstić information content (AvgIpc) is 2.75. The van der Waals surface area contributed by atoms with Crippen LogP contribution in [0.1, 0.15) is 85.5 Å². The first-order valence-corrected chi connectivity index (χ1v) is 13.1. The van der Waals surface area contributed by atoms with Crippen LogP contribution < -0.4 is 5.32 Å². The van der Waals surface area contributed by atoms with Crippen LogP contribution in [0, 0.1) is 29.1 Å². The zero-order valence-corrected chi connectivity index (χ0v) is 20.6. The van der Waals surface area contributed by atoms with Gasteiger partial charge in [-0.2, -0.15) is 0 Å². The van der Waals surface area contributed by atoms with Crippen molar-refractivity contribution in [2.75, 3.05) is 39.3 Å². The van der Waals surface area contributed by atoms with Gasteiger partial charge in [0.2, 0.25) is 11.8 Å². The standard InChI is InChI=1S/C26H47N3O2/c1-20(2)23-8-15-28(16-9-23)19-24(30)27-14-7-22-5-10-26(11-6-22)12-17-29(18-13-26)25(31)21(3)4/h20-23H,5-19H2,1-4H3,(H,27,30). The molecule has 5 nitrogen and oxygen atoms in total. The normalized spacial score (nSPS) is 23.6. The van der Waals surface area contributed by atoms with Crippen molar-refractivity contribution in [3.63, 3.8) is 0 Å². The van der Waals surface area contributed by atoms with Crippen LogP contribution >= 0.6 is 0 Å². The number of nitrogens with zero attached hydrogens (tertiary/aromatic N) is 2. The smallest absolute Gasteiger partial charge is 0.234 e. The molecule has 2 amide bonds. The minimum atomic E-state index is 0.117. The van der Waals surface area contributed by atoms with E-state index < -0.39 is 0 Å². The van der Waals surface area contributed by atoms with Gasteiger partial charge >= 0.3 is 0 Å². The van der Waals surface area contributed by atoms with Crippen LogP contribution in [0.5, 0.6) is 0 Å². The first-order chi connectivity index (χ1) is 14.8. The third-order valence-electron chi connectivity index (χ3n) is 8.61. The van der Waals surface area contributed by atoms with E-state index in [1.165, 1.54) is 51.4 Å². The van der Waals surface area contributed by atoms with Crippen molar-refractivity contribution in [1.82, 2.24) is 15.1 Å². The summed E-state index contributed by atoms with van der Waals surface area (Å²) in [4.78, 5) is 29.0. The summed E-state index contributed by atoms with van der Waals surface area (Å²) in [7, 11) is 0. The molecule has 31 heavy (non-hydrogen) atoms. The van der Waals surface area contributed by atoms with E-state index in [1.807, 2.05) is 13.8 Å². The summed E-state index contributed by atoms with van der Waals surface area (Å²) in [6.07, 6.45) is 11.1. The van der Waals surface area contributed by atoms with E-state index in [4.69, 9.17) is 0 Å². The van der Waals surface area contributed by atoms with Gasteiger partial charge < -0.3 is 10.2 Å². The largest absolute Gasteiger partial charge is 0.355 e. The number of likely N-dealkylation sites (tertiary alicyclic amines) is 2. The Labute approximate surface area is 190 Å². The van der Waals surface area contributed by atoms with Gasteiger partial charge in [-0.15, -0.1) is 0 Å². The maximum atomic E-state index is 12.4. The van der Waals surface area contributed by atoms with Gasteiger partial charge in [-0.05, 0) is 94.0 Å². The molecule has 3 aliphatic rings. The van der Waals surface area contributed by atoms with Crippen molar-refractivity contribution in [2.45, 2.75) is 85.5 Å². The highest BCUT2D eigenvalue weighted by Gasteiger charge is 2.39. The molecule has 3 fully saturated rings. The van der Waals surface area contributed by atoms with Crippen LogP contribution in [-0.4, -0.2) is 60.9 Å². The summed E-state index contributed by atoms with van der Waals surface area (Å²) in [5, 5.41) is 3.19. The molecule has 5 heteroatoms. The van der Waals surface area contributed by atoms with Crippen molar-refractivity contribution in [3.05, 3.63) is 0 Å². The van der Waals surface area contributed by atoms with Crippen molar-refractivity contribution in [3.8, 4) is 0 Å². The lowest BCUT2D eigenvalue weighted by Crippen LogP contribution is -2.46. The summed E-state index contributed by atoms with van der Waals surface area (Å²) in [6, 6.07) is 0. The molecule has 0 aromatic heterocycles. The summed E-state index contributed by atoms with van der Waals surface area (Å²) < 4.78 is 0. The maximum Gasteiger partial charge on any atom is 0.234 e. The number of rotatable bonds is 7. The van der Waals surface area contributed by atoms with Gasteiger partial charge in [0.05, 0.1) is 6.54 Å². The summed E-state index contributed by atoms with van der Waals surface area (Å²) in [5.41, 5.74) is 0.482. The molecular formula is C26H47N3O2. The Hall–Kier alpha value is -1.10. The summed E-state index contributed by atoms with van der Waals surface area (Å²) >= 11 is 0. The first-order valence-electron chi connectivity index (χ1n) is 13.1. The predicted molar refractivity (Wildman–Crippen MR) is 127 cm³/mol. The Kier molecular flexibility index (Phi) is 8.83. The van der Waals surface area contributed by atoms with E-state index in [9.17, 15) is 9.59 Å². The van der Waals surface area contributed by atoms with Crippen molar-refractivity contribution < 1.29 is 9.59 Å². The minimum absolute atomic E-state index is 0.117. The fourth-order valence-electron chi connectivity index (χ4n) is 6.10. The van der Waals surface area contributed by atoms with Crippen molar-refractivity contribution in [1.29, 1.82) is 0 Å². The molecule has 2 heterocycles. The van der Waals surface area contributed by atoms with E-state index >= 15 is 0 Å². The number of carbonyl (C=O) groups excluding carboxylic acids is 2. The fraction of sp³-hybridized carbons (Fsp3) is 0.923. The van der Waals surface area contributed by atoms with Gasteiger partial charge in [0, 0.05) is 25.6 Å². The van der Waals surface area contributed by atoms with Crippen molar-refractivity contribution in [2.24, 2.45) is 29.1 Å². The number of hydrogen-bond donors (Lipinski definition) is 1. The lowest BCUT2D eigenvalue weighted by atomic mass is 9.65. The molecule has 2 saturated heterocycles. The molecule has 0 unspecified atom stereocenters. The SMILES string of the molecule is CC(C)C(=O)N1CCC2(CCC(CCNC(=O)CN3CCC(C(C)C)CC3)CC2)CC1. The van der Waals surface area contributed by atoms with Gasteiger partial charge in [0.25, 0.3) is 0 Å².